The van der Waals surface area contributed by atoms with E-state index in [0.717, 1.165) is 10.1 Å². The average molecular weight is 253 g/mol. The summed E-state index contributed by atoms with van der Waals surface area (Å²) in [5, 5.41) is 0. The van der Waals surface area contributed by atoms with Crippen LogP contribution in [0, 0.1) is 6.92 Å². The maximum absolute atomic E-state index is 12.6. The third-order valence-electron chi connectivity index (χ3n) is 2.51. The number of aryl methyl sites for hydroxylation is 1. The zero-order valence-corrected chi connectivity index (χ0v) is 9.81. The molecule has 1 aromatic heterocycles. The van der Waals surface area contributed by atoms with E-state index in [4.69, 9.17) is 10.5 Å². The molecule has 2 aromatic rings. The van der Waals surface area contributed by atoms with E-state index in [-0.39, 0.29) is 12.4 Å². The molecule has 0 radical (unpaired) electrons. The number of imidazole rings is 1. The summed E-state index contributed by atoms with van der Waals surface area (Å²) >= 11 is 0. The molecule has 18 heavy (non-hydrogen) atoms. The van der Waals surface area contributed by atoms with Gasteiger partial charge in [0.1, 0.15) is 12.4 Å². The fraction of sp³-hybridized carbons (Fsp3) is 0.250. The van der Waals surface area contributed by atoms with Crippen molar-refractivity contribution in [1.82, 2.24) is 9.55 Å². The van der Waals surface area contributed by atoms with Crippen molar-refractivity contribution in [2.24, 2.45) is 0 Å². The molecule has 1 heterocycles. The molecule has 0 fully saturated rings. The minimum atomic E-state index is -2.61. The number of ether oxygens (including phenoxy) is 1. The van der Waals surface area contributed by atoms with Gasteiger partial charge in [0.2, 0.25) is 0 Å². The molecule has 0 aliphatic carbocycles. The van der Waals surface area contributed by atoms with Gasteiger partial charge in [0.25, 0.3) is 0 Å². The number of alkyl halides is 2. The number of anilines is 1. The van der Waals surface area contributed by atoms with E-state index in [1.807, 2.05) is 6.92 Å². The Balaban J connectivity index is 2.09. The standard InChI is InChI=1S/C12H13F2N3O/c1-8-6-9(15)2-3-10(8)18-7-11-16-4-5-17(11)12(13)14/h2-6,12H,7,15H2,1H3. The van der Waals surface area contributed by atoms with Crippen molar-refractivity contribution in [1.29, 1.82) is 0 Å². The zero-order chi connectivity index (χ0) is 13.1. The fourth-order valence-electron chi connectivity index (χ4n) is 1.61. The number of nitrogen functional groups attached to an aromatic ring is 1. The smallest absolute Gasteiger partial charge is 0.320 e. The highest BCUT2D eigenvalue weighted by Gasteiger charge is 2.12. The van der Waals surface area contributed by atoms with Gasteiger partial charge in [-0.3, -0.25) is 4.57 Å². The molecule has 4 nitrogen and oxygen atoms in total. The number of nitrogens with two attached hydrogens (primary N) is 1. The Morgan fingerprint density at radius 2 is 2.22 bits per heavy atom. The fourth-order valence-corrected chi connectivity index (χ4v) is 1.61. The highest BCUT2D eigenvalue weighted by atomic mass is 19.3. The summed E-state index contributed by atoms with van der Waals surface area (Å²) in [5.41, 5.74) is 7.10. The number of hydrogen-bond acceptors (Lipinski definition) is 3. The van der Waals surface area contributed by atoms with E-state index in [1.54, 1.807) is 18.2 Å². The van der Waals surface area contributed by atoms with Crippen LogP contribution in [-0.2, 0) is 6.61 Å². The first-order valence-corrected chi connectivity index (χ1v) is 5.36. The molecule has 0 spiro atoms. The van der Waals surface area contributed by atoms with Crippen LogP contribution in [0.4, 0.5) is 14.5 Å². The quantitative estimate of drug-likeness (QED) is 0.852. The van der Waals surface area contributed by atoms with Crippen molar-refractivity contribution in [2.45, 2.75) is 20.1 Å². The predicted molar refractivity (Wildman–Crippen MR) is 63.4 cm³/mol. The van der Waals surface area contributed by atoms with Crippen molar-refractivity contribution < 1.29 is 13.5 Å². The van der Waals surface area contributed by atoms with E-state index in [2.05, 4.69) is 4.98 Å². The van der Waals surface area contributed by atoms with Crippen LogP contribution in [0.25, 0.3) is 0 Å². The van der Waals surface area contributed by atoms with E-state index in [0.29, 0.717) is 11.4 Å². The van der Waals surface area contributed by atoms with Gasteiger partial charge < -0.3 is 10.5 Å². The Labute approximate surface area is 103 Å². The van der Waals surface area contributed by atoms with Gasteiger partial charge in [0, 0.05) is 18.1 Å². The highest BCUT2D eigenvalue weighted by Crippen LogP contribution is 2.21. The second-order valence-corrected chi connectivity index (χ2v) is 3.84. The van der Waals surface area contributed by atoms with E-state index < -0.39 is 6.55 Å². The molecular weight excluding hydrogens is 240 g/mol. The topological polar surface area (TPSA) is 53.1 Å². The van der Waals surface area contributed by atoms with Crippen LogP contribution in [0.2, 0.25) is 0 Å². The SMILES string of the molecule is Cc1cc(N)ccc1OCc1nccn1C(F)F. The van der Waals surface area contributed by atoms with Gasteiger partial charge >= 0.3 is 6.55 Å². The third kappa shape index (κ3) is 2.58. The molecule has 1 aromatic carbocycles. The first-order chi connectivity index (χ1) is 8.58. The molecular formula is C12H13F2N3O. The summed E-state index contributed by atoms with van der Waals surface area (Å²) in [5.74, 6) is 0.786. The lowest BCUT2D eigenvalue weighted by molar-refractivity contribution is 0.0632. The molecule has 2 N–H and O–H groups in total. The minimum Gasteiger partial charge on any atom is -0.485 e. The Morgan fingerprint density at radius 3 is 2.89 bits per heavy atom. The summed E-state index contributed by atoms with van der Waals surface area (Å²) in [6.45, 7) is -0.786. The number of halogens is 2. The summed E-state index contributed by atoms with van der Waals surface area (Å²) in [4.78, 5) is 3.83. The lowest BCUT2D eigenvalue weighted by Gasteiger charge is -2.10. The van der Waals surface area contributed by atoms with Crippen molar-refractivity contribution in [3.8, 4) is 5.75 Å². The summed E-state index contributed by atoms with van der Waals surface area (Å²) in [6, 6.07) is 5.16. The Kier molecular flexibility index (Phi) is 3.45. The molecule has 0 aliphatic heterocycles. The van der Waals surface area contributed by atoms with Gasteiger partial charge in [-0.25, -0.2) is 4.98 Å². The highest BCUT2D eigenvalue weighted by molar-refractivity contribution is 5.47. The predicted octanol–water partition coefficient (Wildman–Crippen LogP) is 2.75. The molecule has 0 atom stereocenters. The van der Waals surface area contributed by atoms with E-state index >= 15 is 0 Å². The molecule has 0 saturated carbocycles. The van der Waals surface area contributed by atoms with Gasteiger partial charge in [-0.15, -0.1) is 0 Å². The molecule has 0 saturated heterocycles. The van der Waals surface area contributed by atoms with Gasteiger partial charge in [0.05, 0.1) is 0 Å². The molecule has 2 rings (SSSR count). The Hall–Kier alpha value is -2.11. The van der Waals surface area contributed by atoms with Crippen LogP contribution in [0.15, 0.2) is 30.6 Å². The monoisotopic (exact) mass is 253 g/mol. The molecule has 0 unspecified atom stereocenters. The summed E-state index contributed by atoms with van der Waals surface area (Å²) in [7, 11) is 0. The average Bonchev–Trinajstić information content (AvgIpc) is 2.76. The maximum atomic E-state index is 12.6. The van der Waals surface area contributed by atoms with Gasteiger partial charge in [-0.1, -0.05) is 0 Å². The number of aromatic nitrogens is 2. The lowest BCUT2D eigenvalue weighted by Crippen LogP contribution is -2.07. The van der Waals surface area contributed by atoms with Gasteiger partial charge in [-0.05, 0) is 30.7 Å². The molecule has 0 bridgehead atoms. The number of hydrogen-bond donors (Lipinski definition) is 1. The molecule has 0 amide bonds. The minimum absolute atomic E-state index is 0.0118. The molecule has 96 valence electrons. The number of benzene rings is 1. The van der Waals surface area contributed by atoms with E-state index in [9.17, 15) is 8.78 Å². The van der Waals surface area contributed by atoms with Crippen LogP contribution in [-0.4, -0.2) is 9.55 Å². The first kappa shape index (κ1) is 12.3. The van der Waals surface area contributed by atoms with Crippen LogP contribution < -0.4 is 10.5 Å². The van der Waals surface area contributed by atoms with Crippen molar-refractivity contribution >= 4 is 5.69 Å². The van der Waals surface area contributed by atoms with Gasteiger partial charge in [-0.2, -0.15) is 8.78 Å². The second kappa shape index (κ2) is 5.03. The lowest BCUT2D eigenvalue weighted by atomic mass is 10.2. The molecule has 6 heteroatoms. The van der Waals surface area contributed by atoms with Gasteiger partial charge in [0.15, 0.2) is 5.82 Å². The van der Waals surface area contributed by atoms with Crippen molar-refractivity contribution in [3.63, 3.8) is 0 Å². The normalized spacial score (nSPS) is 10.9. The second-order valence-electron chi connectivity index (χ2n) is 3.84. The first-order valence-electron chi connectivity index (χ1n) is 5.36. The summed E-state index contributed by atoms with van der Waals surface area (Å²) < 4.78 is 31.4. The van der Waals surface area contributed by atoms with Crippen molar-refractivity contribution in [3.05, 3.63) is 42.0 Å². The summed E-state index contributed by atoms with van der Waals surface area (Å²) in [6.07, 6.45) is 2.54. The van der Waals surface area contributed by atoms with Crippen LogP contribution in [0.5, 0.6) is 5.75 Å². The van der Waals surface area contributed by atoms with E-state index in [1.165, 1.54) is 12.4 Å². The van der Waals surface area contributed by atoms with Crippen LogP contribution in [0.1, 0.15) is 17.9 Å². The molecule has 0 aliphatic rings. The largest absolute Gasteiger partial charge is 0.485 e. The number of nitrogens with zero attached hydrogens (tertiary/aromatic N) is 2. The third-order valence-corrected chi connectivity index (χ3v) is 2.51. The zero-order valence-electron chi connectivity index (χ0n) is 9.81. The van der Waals surface area contributed by atoms with Crippen LogP contribution >= 0.6 is 0 Å². The number of rotatable bonds is 4. The maximum Gasteiger partial charge on any atom is 0.320 e. The van der Waals surface area contributed by atoms with Crippen LogP contribution in [0.3, 0.4) is 0 Å². The Morgan fingerprint density at radius 1 is 1.44 bits per heavy atom. The Bertz CT molecular complexity index is 540. The van der Waals surface area contributed by atoms with Crippen molar-refractivity contribution in [2.75, 3.05) is 5.73 Å².